The Morgan fingerprint density at radius 1 is 1.36 bits per heavy atom. The average molecular weight is 191 g/mol. The second-order valence-corrected chi connectivity index (χ2v) is 3.67. The molecule has 0 fully saturated rings. The Labute approximate surface area is 79.8 Å². The lowest BCUT2D eigenvalue weighted by Gasteiger charge is -2.13. The van der Waals surface area contributed by atoms with Crippen LogP contribution in [0.4, 0.5) is 8.78 Å². The van der Waals surface area contributed by atoms with E-state index in [1.807, 2.05) is 6.07 Å². The summed E-state index contributed by atoms with van der Waals surface area (Å²) in [6.07, 6.45) is 4.25. The second-order valence-electron chi connectivity index (χ2n) is 3.67. The van der Waals surface area contributed by atoms with Crippen molar-refractivity contribution < 1.29 is 8.78 Å². The summed E-state index contributed by atoms with van der Waals surface area (Å²) in [6, 6.07) is 3.65. The fourth-order valence-corrected chi connectivity index (χ4v) is 2.13. The van der Waals surface area contributed by atoms with Gasteiger partial charge in [0.15, 0.2) is 0 Å². The number of aromatic nitrogens is 1. The first-order chi connectivity index (χ1) is 6.72. The van der Waals surface area contributed by atoms with E-state index in [-0.39, 0.29) is 6.42 Å². The van der Waals surface area contributed by atoms with E-state index in [0.717, 1.165) is 17.3 Å². The van der Waals surface area contributed by atoms with Crippen LogP contribution in [-0.2, 0) is 5.41 Å². The van der Waals surface area contributed by atoms with Crippen molar-refractivity contribution in [2.75, 3.05) is 0 Å². The van der Waals surface area contributed by atoms with Gasteiger partial charge in [-0.3, -0.25) is 4.98 Å². The minimum atomic E-state index is -0.563. The van der Waals surface area contributed by atoms with Crippen LogP contribution in [0.2, 0.25) is 0 Å². The Balaban J connectivity index is 2.10. The van der Waals surface area contributed by atoms with Gasteiger partial charge in [-0.1, -0.05) is 6.07 Å². The molecule has 70 valence electrons. The zero-order valence-corrected chi connectivity index (χ0v) is 7.30. The maximum atomic E-state index is 13.1. The van der Waals surface area contributed by atoms with Crippen LogP contribution in [0.1, 0.15) is 17.7 Å². The molecule has 0 bridgehead atoms. The third kappa shape index (κ3) is 0.842. The molecule has 1 aromatic rings. The van der Waals surface area contributed by atoms with Crippen molar-refractivity contribution in [1.29, 1.82) is 0 Å². The minimum absolute atomic E-state index is 0.215. The Bertz CT molecular complexity index is 451. The summed E-state index contributed by atoms with van der Waals surface area (Å²) in [5.41, 5.74) is 1.18. The average Bonchev–Trinajstić information content (AvgIpc) is 2.72. The molecule has 3 heteroatoms. The number of hydrogen-bond donors (Lipinski definition) is 0. The Kier molecular flexibility index (Phi) is 1.29. The zero-order chi connectivity index (χ0) is 9.76. The standard InChI is InChI=1S/C11H7F2N/c12-7-4-8(13)6-11(5-7)9-2-1-3-14-10(9)11/h1-5H,6H2. The van der Waals surface area contributed by atoms with Crippen LogP contribution in [0, 0.1) is 0 Å². The van der Waals surface area contributed by atoms with E-state index in [4.69, 9.17) is 0 Å². The van der Waals surface area contributed by atoms with Crippen molar-refractivity contribution in [2.24, 2.45) is 0 Å². The highest BCUT2D eigenvalue weighted by Crippen LogP contribution is 2.55. The number of rotatable bonds is 0. The van der Waals surface area contributed by atoms with E-state index >= 15 is 0 Å². The molecule has 1 atom stereocenters. The molecule has 14 heavy (non-hydrogen) atoms. The van der Waals surface area contributed by atoms with Crippen molar-refractivity contribution in [2.45, 2.75) is 11.8 Å². The van der Waals surface area contributed by atoms with Crippen LogP contribution in [0.3, 0.4) is 0 Å². The molecule has 1 aromatic heterocycles. The highest BCUT2D eigenvalue weighted by atomic mass is 19.1. The van der Waals surface area contributed by atoms with Crippen LogP contribution < -0.4 is 0 Å². The van der Waals surface area contributed by atoms with Crippen molar-refractivity contribution in [3.8, 4) is 0 Å². The lowest BCUT2D eigenvalue weighted by atomic mass is 9.92. The van der Waals surface area contributed by atoms with Gasteiger partial charge in [-0.15, -0.1) is 0 Å². The predicted molar refractivity (Wildman–Crippen MR) is 48.0 cm³/mol. The molecule has 3 rings (SSSR count). The van der Waals surface area contributed by atoms with E-state index < -0.39 is 17.1 Å². The summed E-state index contributed by atoms with van der Waals surface area (Å²) in [7, 11) is 0. The summed E-state index contributed by atoms with van der Waals surface area (Å²) in [5, 5.41) is 0. The van der Waals surface area contributed by atoms with Crippen molar-refractivity contribution in [3.63, 3.8) is 0 Å². The van der Waals surface area contributed by atoms with Gasteiger partial charge < -0.3 is 0 Å². The van der Waals surface area contributed by atoms with Gasteiger partial charge >= 0.3 is 0 Å². The molecule has 0 saturated carbocycles. The monoisotopic (exact) mass is 191 g/mol. The number of fused-ring (bicyclic) bond motifs is 3. The smallest absolute Gasteiger partial charge is 0.123 e. The number of pyridine rings is 1. The SMILES string of the molecule is FC1=CC2(CC(F)=C1)c1cccnc12. The Morgan fingerprint density at radius 2 is 2.21 bits per heavy atom. The largest absolute Gasteiger partial charge is 0.260 e. The van der Waals surface area contributed by atoms with Crippen LogP contribution in [0.15, 0.2) is 42.1 Å². The van der Waals surface area contributed by atoms with Gasteiger partial charge in [0.1, 0.15) is 11.7 Å². The zero-order valence-electron chi connectivity index (χ0n) is 7.30. The highest BCUT2D eigenvalue weighted by Gasteiger charge is 2.52. The van der Waals surface area contributed by atoms with Gasteiger partial charge in [-0.25, -0.2) is 8.78 Å². The molecule has 1 unspecified atom stereocenters. The molecular weight excluding hydrogens is 184 g/mol. The molecule has 0 radical (unpaired) electrons. The molecule has 1 spiro atoms. The number of hydrogen-bond acceptors (Lipinski definition) is 1. The maximum absolute atomic E-state index is 13.1. The quantitative estimate of drug-likeness (QED) is 0.614. The lowest BCUT2D eigenvalue weighted by molar-refractivity contribution is 0.517. The minimum Gasteiger partial charge on any atom is -0.260 e. The number of allylic oxidation sites excluding steroid dienone is 4. The molecular formula is C11H7F2N. The van der Waals surface area contributed by atoms with Gasteiger partial charge in [0, 0.05) is 18.7 Å². The molecule has 0 saturated heterocycles. The van der Waals surface area contributed by atoms with E-state index in [1.54, 1.807) is 12.3 Å². The maximum Gasteiger partial charge on any atom is 0.123 e. The summed E-state index contributed by atoms with van der Waals surface area (Å²) in [6.45, 7) is 0. The third-order valence-corrected chi connectivity index (χ3v) is 2.77. The van der Waals surface area contributed by atoms with E-state index in [2.05, 4.69) is 4.98 Å². The number of nitrogens with zero attached hydrogens (tertiary/aromatic N) is 1. The summed E-state index contributed by atoms with van der Waals surface area (Å²) in [4.78, 5) is 4.11. The van der Waals surface area contributed by atoms with Crippen molar-refractivity contribution >= 4 is 0 Å². The Hall–Kier alpha value is -1.51. The predicted octanol–water partition coefficient (Wildman–Crippen LogP) is 2.79. The van der Waals surface area contributed by atoms with Crippen molar-refractivity contribution in [1.82, 2.24) is 4.98 Å². The van der Waals surface area contributed by atoms with Crippen LogP contribution in [0.25, 0.3) is 0 Å². The van der Waals surface area contributed by atoms with Gasteiger partial charge in [0.25, 0.3) is 0 Å². The molecule has 1 heterocycles. The second kappa shape index (κ2) is 2.29. The topological polar surface area (TPSA) is 12.9 Å². The van der Waals surface area contributed by atoms with E-state index in [0.29, 0.717) is 0 Å². The Morgan fingerprint density at radius 3 is 2.86 bits per heavy atom. The molecule has 0 N–H and O–H groups in total. The van der Waals surface area contributed by atoms with Crippen LogP contribution in [0.5, 0.6) is 0 Å². The lowest BCUT2D eigenvalue weighted by Crippen LogP contribution is -2.09. The van der Waals surface area contributed by atoms with Gasteiger partial charge in [-0.2, -0.15) is 0 Å². The molecule has 2 aliphatic carbocycles. The third-order valence-electron chi connectivity index (χ3n) is 2.77. The van der Waals surface area contributed by atoms with Gasteiger partial charge in [-0.05, 0) is 17.7 Å². The normalized spacial score (nSPS) is 28.1. The van der Waals surface area contributed by atoms with E-state index in [1.165, 1.54) is 6.08 Å². The summed E-state index contributed by atoms with van der Waals surface area (Å²) in [5.74, 6) is -0.922. The summed E-state index contributed by atoms with van der Waals surface area (Å²) >= 11 is 0. The van der Waals surface area contributed by atoms with Gasteiger partial charge in [0.05, 0.1) is 11.1 Å². The molecule has 0 amide bonds. The first kappa shape index (κ1) is 7.85. The van der Waals surface area contributed by atoms with Crippen LogP contribution in [-0.4, -0.2) is 4.98 Å². The molecule has 0 aromatic carbocycles. The fraction of sp³-hybridized carbons (Fsp3) is 0.182. The van der Waals surface area contributed by atoms with E-state index in [9.17, 15) is 8.78 Å². The summed E-state index contributed by atoms with van der Waals surface area (Å²) < 4.78 is 26.1. The first-order valence-corrected chi connectivity index (χ1v) is 4.43. The molecule has 2 aliphatic rings. The number of halogens is 2. The molecule has 0 aliphatic heterocycles. The highest BCUT2D eigenvalue weighted by molar-refractivity contribution is 5.62. The fourth-order valence-electron chi connectivity index (χ4n) is 2.13. The van der Waals surface area contributed by atoms with Gasteiger partial charge in [0.2, 0.25) is 0 Å². The first-order valence-electron chi connectivity index (χ1n) is 4.43. The van der Waals surface area contributed by atoms with Crippen LogP contribution >= 0.6 is 0 Å². The molecule has 1 nitrogen and oxygen atoms in total. The van der Waals surface area contributed by atoms with Crippen molar-refractivity contribution in [3.05, 3.63) is 53.4 Å².